The Morgan fingerprint density at radius 3 is 2.44 bits per heavy atom. The Kier molecular flexibility index (Phi) is 3.66. The van der Waals surface area contributed by atoms with Crippen molar-refractivity contribution in [1.82, 2.24) is 4.98 Å². The van der Waals surface area contributed by atoms with Crippen molar-refractivity contribution in [2.75, 3.05) is 11.9 Å². The largest absolute Gasteiger partial charge is 0.370 e. The number of rotatable bonds is 3. The summed E-state index contributed by atoms with van der Waals surface area (Å²) in [7, 11) is 0. The highest BCUT2D eigenvalue weighted by molar-refractivity contribution is 5.66. The van der Waals surface area contributed by atoms with E-state index < -0.39 is 0 Å². The number of nitrogens with zero attached hydrogens (tertiary/aromatic N) is 1. The number of pyridine rings is 1. The zero-order valence-electron chi connectivity index (χ0n) is 11.5. The molecule has 0 spiro atoms. The second kappa shape index (κ2) is 5.21. The van der Waals surface area contributed by atoms with E-state index in [1.54, 1.807) is 0 Å². The molecule has 0 saturated carbocycles. The summed E-state index contributed by atoms with van der Waals surface area (Å²) in [5, 5.41) is 3.25. The van der Waals surface area contributed by atoms with Crippen molar-refractivity contribution >= 4 is 5.82 Å². The van der Waals surface area contributed by atoms with Crippen molar-refractivity contribution in [2.24, 2.45) is 0 Å². The third kappa shape index (κ3) is 2.53. The molecule has 0 amide bonds. The summed E-state index contributed by atoms with van der Waals surface area (Å²) in [5.41, 5.74) is 6.18. The SMILES string of the molecule is CCNc1cccc(-c2cc(C)c(C)cc2C)n1. The van der Waals surface area contributed by atoms with Gasteiger partial charge < -0.3 is 5.32 Å². The minimum atomic E-state index is 0.891. The standard InChI is InChI=1S/C16H20N2/c1-5-17-16-8-6-7-15(18-16)14-10-12(3)11(2)9-13(14)4/h6-10H,5H2,1-4H3,(H,17,18). The molecule has 1 heterocycles. The van der Waals surface area contributed by atoms with Gasteiger partial charge in [-0.25, -0.2) is 4.98 Å². The number of hydrogen-bond acceptors (Lipinski definition) is 2. The topological polar surface area (TPSA) is 24.9 Å². The first-order chi connectivity index (χ1) is 8.61. The van der Waals surface area contributed by atoms with Gasteiger partial charge in [0.15, 0.2) is 0 Å². The first-order valence-electron chi connectivity index (χ1n) is 6.41. The summed E-state index contributed by atoms with van der Waals surface area (Å²) >= 11 is 0. The van der Waals surface area contributed by atoms with Crippen LogP contribution in [0.2, 0.25) is 0 Å². The minimum absolute atomic E-state index is 0.891. The lowest BCUT2D eigenvalue weighted by atomic mass is 9.98. The van der Waals surface area contributed by atoms with Crippen LogP contribution in [0.3, 0.4) is 0 Å². The number of aryl methyl sites for hydroxylation is 3. The smallest absolute Gasteiger partial charge is 0.126 e. The molecule has 1 N–H and O–H groups in total. The van der Waals surface area contributed by atoms with E-state index in [-0.39, 0.29) is 0 Å². The van der Waals surface area contributed by atoms with Crippen LogP contribution < -0.4 is 5.32 Å². The Labute approximate surface area is 109 Å². The molecule has 2 nitrogen and oxygen atoms in total. The number of aromatic nitrogens is 1. The highest BCUT2D eigenvalue weighted by Gasteiger charge is 2.06. The molecule has 0 aliphatic heterocycles. The van der Waals surface area contributed by atoms with Crippen LogP contribution in [-0.4, -0.2) is 11.5 Å². The predicted octanol–water partition coefficient (Wildman–Crippen LogP) is 4.11. The Balaban J connectivity index is 2.48. The van der Waals surface area contributed by atoms with Gasteiger partial charge in [0.05, 0.1) is 5.69 Å². The average molecular weight is 240 g/mol. The van der Waals surface area contributed by atoms with E-state index in [0.717, 1.165) is 18.1 Å². The first-order valence-corrected chi connectivity index (χ1v) is 6.41. The molecule has 2 rings (SSSR count). The molecule has 0 unspecified atom stereocenters. The first kappa shape index (κ1) is 12.6. The highest BCUT2D eigenvalue weighted by Crippen LogP contribution is 2.25. The van der Waals surface area contributed by atoms with Crippen LogP contribution >= 0.6 is 0 Å². The molecule has 0 radical (unpaired) electrons. The van der Waals surface area contributed by atoms with Gasteiger partial charge in [0.1, 0.15) is 5.82 Å². The number of benzene rings is 1. The zero-order valence-corrected chi connectivity index (χ0v) is 11.5. The van der Waals surface area contributed by atoms with E-state index in [1.165, 1.54) is 22.3 Å². The summed E-state index contributed by atoms with van der Waals surface area (Å²) < 4.78 is 0. The van der Waals surface area contributed by atoms with Gasteiger partial charge in [0, 0.05) is 12.1 Å². The van der Waals surface area contributed by atoms with Crippen molar-refractivity contribution < 1.29 is 0 Å². The van der Waals surface area contributed by atoms with E-state index in [9.17, 15) is 0 Å². The molecular weight excluding hydrogens is 220 g/mol. The van der Waals surface area contributed by atoms with Gasteiger partial charge in [-0.1, -0.05) is 12.1 Å². The van der Waals surface area contributed by atoms with E-state index in [0.29, 0.717) is 0 Å². The molecule has 2 aromatic rings. The fraction of sp³-hybridized carbons (Fsp3) is 0.312. The summed E-state index contributed by atoms with van der Waals surface area (Å²) in [6.45, 7) is 9.41. The summed E-state index contributed by atoms with van der Waals surface area (Å²) in [6, 6.07) is 10.6. The van der Waals surface area contributed by atoms with E-state index >= 15 is 0 Å². The maximum atomic E-state index is 4.65. The molecule has 0 saturated heterocycles. The normalized spacial score (nSPS) is 10.4. The highest BCUT2D eigenvalue weighted by atomic mass is 15.0. The number of nitrogens with one attached hydrogen (secondary N) is 1. The van der Waals surface area contributed by atoms with Crippen LogP contribution in [0.5, 0.6) is 0 Å². The molecule has 2 heteroatoms. The third-order valence-corrected chi connectivity index (χ3v) is 3.22. The van der Waals surface area contributed by atoms with Gasteiger partial charge in [0.2, 0.25) is 0 Å². The lowest BCUT2D eigenvalue weighted by Crippen LogP contribution is -2.00. The van der Waals surface area contributed by atoms with E-state index in [4.69, 9.17) is 0 Å². The maximum Gasteiger partial charge on any atom is 0.126 e. The average Bonchev–Trinajstić information content (AvgIpc) is 2.34. The van der Waals surface area contributed by atoms with Crippen LogP contribution in [-0.2, 0) is 0 Å². The molecule has 0 aliphatic carbocycles. The fourth-order valence-corrected chi connectivity index (χ4v) is 2.10. The van der Waals surface area contributed by atoms with Gasteiger partial charge >= 0.3 is 0 Å². The number of hydrogen-bond donors (Lipinski definition) is 1. The molecular formula is C16H20N2. The van der Waals surface area contributed by atoms with Gasteiger partial charge in [-0.05, 0) is 62.6 Å². The monoisotopic (exact) mass is 240 g/mol. The van der Waals surface area contributed by atoms with Crippen molar-refractivity contribution in [3.63, 3.8) is 0 Å². The molecule has 18 heavy (non-hydrogen) atoms. The molecule has 0 bridgehead atoms. The number of anilines is 1. The molecule has 1 aromatic heterocycles. The molecule has 0 atom stereocenters. The second-order valence-electron chi connectivity index (χ2n) is 4.69. The van der Waals surface area contributed by atoms with Crippen LogP contribution in [0.1, 0.15) is 23.6 Å². The Bertz CT molecular complexity index is 559. The van der Waals surface area contributed by atoms with Crippen LogP contribution in [0.4, 0.5) is 5.82 Å². The second-order valence-corrected chi connectivity index (χ2v) is 4.69. The van der Waals surface area contributed by atoms with Crippen molar-refractivity contribution in [3.05, 3.63) is 47.0 Å². The van der Waals surface area contributed by atoms with Crippen molar-refractivity contribution in [1.29, 1.82) is 0 Å². The Morgan fingerprint density at radius 2 is 1.72 bits per heavy atom. The van der Waals surface area contributed by atoms with Gasteiger partial charge in [-0.3, -0.25) is 0 Å². The molecule has 0 fully saturated rings. The summed E-state index contributed by atoms with van der Waals surface area (Å²) in [6.07, 6.45) is 0. The van der Waals surface area contributed by atoms with Crippen molar-refractivity contribution in [3.8, 4) is 11.3 Å². The Morgan fingerprint density at radius 1 is 1.00 bits per heavy atom. The van der Waals surface area contributed by atoms with Crippen LogP contribution in [0.25, 0.3) is 11.3 Å². The maximum absolute atomic E-state index is 4.65. The van der Waals surface area contributed by atoms with Gasteiger partial charge in [-0.2, -0.15) is 0 Å². The quantitative estimate of drug-likeness (QED) is 0.873. The van der Waals surface area contributed by atoms with Crippen LogP contribution in [0.15, 0.2) is 30.3 Å². The lowest BCUT2D eigenvalue weighted by Gasteiger charge is -2.11. The summed E-state index contributed by atoms with van der Waals surface area (Å²) in [5.74, 6) is 0.938. The predicted molar refractivity (Wildman–Crippen MR) is 78.0 cm³/mol. The molecule has 0 aliphatic rings. The fourth-order valence-electron chi connectivity index (χ4n) is 2.10. The summed E-state index contributed by atoms with van der Waals surface area (Å²) in [4.78, 5) is 4.65. The van der Waals surface area contributed by atoms with Crippen LogP contribution in [0, 0.1) is 20.8 Å². The van der Waals surface area contributed by atoms with Gasteiger partial charge in [-0.15, -0.1) is 0 Å². The van der Waals surface area contributed by atoms with Gasteiger partial charge in [0.25, 0.3) is 0 Å². The zero-order chi connectivity index (χ0) is 13.1. The molecule has 1 aromatic carbocycles. The lowest BCUT2D eigenvalue weighted by molar-refractivity contribution is 1.16. The Hall–Kier alpha value is -1.83. The molecule has 94 valence electrons. The van der Waals surface area contributed by atoms with E-state index in [1.807, 2.05) is 6.07 Å². The minimum Gasteiger partial charge on any atom is -0.370 e. The van der Waals surface area contributed by atoms with Crippen molar-refractivity contribution in [2.45, 2.75) is 27.7 Å². The van der Waals surface area contributed by atoms with E-state index in [2.05, 4.69) is 62.3 Å². The third-order valence-electron chi connectivity index (χ3n) is 3.22.